The third-order valence-electron chi connectivity index (χ3n) is 6.31. The molecular weight excluding hydrogens is 517 g/mol. The number of carbonyl (C=O) groups is 1. The van der Waals surface area contributed by atoms with Gasteiger partial charge in [-0.2, -0.15) is 0 Å². The largest absolute Gasteiger partial charge is 0.393 e. The lowest BCUT2D eigenvalue weighted by Gasteiger charge is -2.34. The van der Waals surface area contributed by atoms with Crippen molar-refractivity contribution in [1.29, 1.82) is 5.41 Å². The predicted octanol–water partition coefficient (Wildman–Crippen LogP) is 4.15. The standard InChI is InChI=1S/C25H23ClFN7O2S/c26-22-6-5-21(37-22)25(36)32-13-7-14(9-15(35)8-13)34-20-10-18(23(29)31-12-28)30-11-19(20)33-24(34)16-3-1-2-4-17(16)27/h1-6,10-15,35H,7-9H2,(H,32,36)(H3,28,29,31). The highest BCUT2D eigenvalue weighted by Crippen LogP contribution is 2.37. The molecule has 0 bridgehead atoms. The fourth-order valence-electron chi connectivity index (χ4n) is 4.76. The third kappa shape index (κ3) is 5.10. The van der Waals surface area contributed by atoms with Crippen molar-refractivity contribution >= 4 is 52.1 Å². The van der Waals surface area contributed by atoms with E-state index >= 15 is 0 Å². The SMILES string of the molecule is N=CN=C(N)c1cc2c(cn1)nc(-c1ccccc1F)n2C1CC(O)CC(NC(=O)c2ccc(Cl)s2)C1. The van der Waals surface area contributed by atoms with Crippen molar-refractivity contribution in [2.75, 3.05) is 0 Å². The number of aliphatic hydroxyl groups excluding tert-OH is 1. The summed E-state index contributed by atoms with van der Waals surface area (Å²) in [6.45, 7) is 0. The topological polar surface area (TPSA) is 142 Å². The first-order valence-corrected chi connectivity index (χ1v) is 12.7. The van der Waals surface area contributed by atoms with Crippen LogP contribution in [0.25, 0.3) is 22.4 Å². The molecule has 1 amide bonds. The monoisotopic (exact) mass is 539 g/mol. The second-order valence-corrected chi connectivity index (χ2v) is 10.5. The Morgan fingerprint density at radius 3 is 2.84 bits per heavy atom. The summed E-state index contributed by atoms with van der Waals surface area (Å²) in [5.41, 5.74) is 7.75. The first-order valence-electron chi connectivity index (χ1n) is 11.5. The van der Waals surface area contributed by atoms with Crippen molar-refractivity contribution in [2.24, 2.45) is 10.7 Å². The van der Waals surface area contributed by atoms with E-state index in [0.717, 1.165) is 6.34 Å². The molecule has 3 unspecified atom stereocenters. The molecule has 5 rings (SSSR count). The quantitative estimate of drug-likeness (QED) is 0.215. The molecule has 37 heavy (non-hydrogen) atoms. The van der Waals surface area contributed by atoms with Crippen LogP contribution in [0.1, 0.15) is 40.7 Å². The average Bonchev–Trinajstić information content (AvgIpc) is 3.47. The molecule has 3 heterocycles. The van der Waals surface area contributed by atoms with Crippen LogP contribution >= 0.6 is 22.9 Å². The molecule has 0 spiro atoms. The summed E-state index contributed by atoms with van der Waals surface area (Å²) in [4.78, 5) is 26.1. The molecule has 0 aliphatic heterocycles. The number of thiophene rings is 1. The molecule has 1 aliphatic rings. The van der Waals surface area contributed by atoms with Gasteiger partial charge in [0.2, 0.25) is 0 Å². The zero-order chi connectivity index (χ0) is 26.1. The van der Waals surface area contributed by atoms with Crippen LogP contribution < -0.4 is 11.1 Å². The van der Waals surface area contributed by atoms with Crippen LogP contribution in [-0.2, 0) is 0 Å². The first-order chi connectivity index (χ1) is 17.8. The lowest BCUT2D eigenvalue weighted by atomic mass is 9.88. The normalized spacial score (nSPS) is 20.2. The number of aliphatic hydroxyl groups is 1. The second kappa shape index (κ2) is 10.4. The Hall–Kier alpha value is -3.67. The molecule has 9 nitrogen and oxygen atoms in total. The highest BCUT2D eigenvalue weighted by atomic mass is 35.5. The molecule has 5 N–H and O–H groups in total. The fourth-order valence-corrected chi connectivity index (χ4v) is 5.70. The molecule has 0 radical (unpaired) electrons. The second-order valence-electron chi connectivity index (χ2n) is 8.78. The molecule has 1 fully saturated rings. The minimum Gasteiger partial charge on any atom is -0.393 e. The minimum absolute atomic E-state index is 0.0560. The molecule has 190 valence electrons. The van der Waals surface area contributed by atoms with E-state index < -0.39 is 11.9 Å². The summed E-state index contributed by atoms with van der Waals surface area (Å²) < 4.78 is 17.3. The number of pyridine rings is 1. The van der Waals surface area contributed by atoms with E-state index in [9.17, 15) is 14.3 Å². The molecule has 0 saturated heterocycles. The fraction of sp³-hybridized carbons (Fsp3) is 0.240. The van der Waals surface area contributed by atoms with Gasteiger partial charge in [-0.05, 0) is 49.6 Å². The van der Waals surface area contributed by atoms with Crippen LogP contribution in [0.15, 0.2) is 53.7 Å². The lowest BCUT2D eigenvalue weighted by molar-refractivity contribution is 0.0749. The van der Waals surface area contributed by atoms with Gasteiger partial charge in [0.05, 0.1) is 32.6 Å². The number of benzene rings is 1. The van der Waals surface area contributed by atoms with Crippen LogP contribution in [0.4, 0.5) is 4.39 Å². The number of nitrogens with zero attached hydrogens (tertiary/aromatic N) is 4. The number of hydrogen-bond acceptors (Lipinski definition) is 6. The summed E-state index contributed by atoms with van der Waals surface area (Å²) in [7, 11) is 0. The number of amidine groups is 1. The molecule has 1 aliphatic carbocycles. The zero-order valence-electron chi connectivity index (χ0n) is 19.4. The van der Waals surface area contributed by atoms with Crippen LogP contribution in [0.5, 0.6) is 0 Å². The van der Waals surface area contributed by atoms with E-state index in [1.165, 1.54) is 23.6 Å². The Kier molecular flexibility index (Phi) is 7.00. The Morgan fingerprint density at radius 1 is 1.30 bits per heavy atom. The van der Waals surface area contributed by atoms with Gasteiger partial charge in [0.15, 0.2) is 5.84 Å². The van der Waals surface area contributed by atoms with Gasteiger partial charge in [0.25, 0.3) is 5.91 Å². The number of nitrogens with one attached hydrogen (secondary N) is 2. The van der Waals surface area contributed by atoms with Gasteiger partial charge in [-0.15, -0.1) is 11.3 Å². The van der Waals surface area contributed by atoms with Gasteiger partial charge in [-0.3, -0.25) is 15.2 Å². The van der Waals surface area contributed by atoms with Crippen molar-refractivity contribution < 1.29 is 14.3 Å². The van der Waals surface area contributed by atoms with Crippen LogP contribution in [0.3, 0.4) is 0 Å². The molecule has 1 saturated carbocycles. The smallest absolute Gasteiger partial charge is 0.261 e. The number of rotatable bonds is 6. The number of nitrogens with two attached hydrogens (primary N) is 1. The van der Waals surface area contributed by atoms with E-state index in [1.54, 1.807) is 36.4 Å². The highest BCUT2D eigenvalue weighted by Gasteiger charge is 2.33. The van der Waals surface area contributed by atoms with Gasteiger partial charge < -0.3 is 20.7 Å². The average molecular weight is 540 g/mol. The Bertz CT molecular complexity index is 1520. The van der Waals surface area contributed by atoms with Crippen molar-refractivity contribution in [3.63, 3.8) is 0 Å². The van der Waals surface area contributed by atoms with Crippen molar-refractivity contribution in [3.8, 4) is 11.4 Å². The van der Waals surface area contributed by atoms with Crippen LogP contribution in [0, 0.1) is 11.2 Å². The van der Waals surface area contributed by atoms with E-state index in [-0.39, 0.29) is 23.8 Å². The number of amides is 1. The van der Waals surface area contributed by atoms with Crippen LogP contribution in [-0.4, -0.2) is 49.9 Å². The van der Waals surface area contributed by atoms with Gasteiger partial charge in [-0.1, -0.05) is 23.7 Å². The van der Waals surface area contributed by atoms with E-state index in [1.807, 2.05) is 4.57 Å². The summed E-state index contributed by atoms with van der Waals surface area (Å²) in [6.07, 6.45) is 2.90. The van der Waals surface area contributed by atoms with Crippen molar-refractivity contribution in [3.05, 3.63) is 69.4 Å². The van der Waals surface area contributed by atoms with Crippen LogP contribution in [0.2, 0.25) is 4.34 Å². The molecule has 4 aromatic rings. The number of halogens is 2. The van der Waals surface area contributed by atoms with Gasteiger partial charge in [-0.25, -0.2) is 14.4 Å². The number of fused-ring (bicyclic) bond motifs is 1. The molecule has 3 atom stereocenters. The van der Waals surface area contributed by atoms with Gasteiger partial charge in [0.1, 0.15) is 29.2 Å². The number of carbonyl (C=O) groups excluding carboxylic acids is 1. The maximum Gasteiger partial charge on any atom is 0.261 e. The summed E-state index contributed by atoms with van der Waals surface area (Å²) in [5.74, 6) is -0.265. The highest BCUT2D eigenvalue weighted by molar-refractivity contribution is 7.18. The van der Waals surface area contributed by atoms with E-state index in [4.69, 9.17) is 22.7 Å². The lowest BCUT2D eigenvalue weighted by Crippen LogP contribution is -2.42. The van der Waals surface area contributed by atoms with Gasteiger partial charge >= 0.3 is 0 Å². The summed E-state index contributed by atoms with van der Waals surface area (Å²) in [6, 6.07) is 10.7. The minimum atomic E-state index is -0.701. The van der Waals surface area contributed by atoms with E-state index in [2.05, 4.69) is 20.3 Å². The summed E-state index contributed by atoms with van der Waals surface area (Å²) >= 11 is 7.17. The molecule has 1 aromatic carbocycles. The molecule has 12 heteroatoms. The predicted molar refractivity (Wildman–Crippen MR) is 142 cm³/mol. The number of aromatic nitrogens is 3. The third-order valence-corrected chi connectivity index (χ3v) is 7.54. The maximum atomic E-state index is 14.9. The van der Waals surface area contributed by atoms with E-state index in [0.29, 0.717) is 56.6 Å². The van der Waals surface area contributed by atoms with Crippen molar-refractivity contribution in [1.82, 2.24) is 19.9 Å². The van der Waals surface area contributed by atoms with Gasteiger partial charge in [0, 0.05) is 12.1 Å². The maximum absolute atomic E-state index is 14.9. The zero-order valence-corrected chi connectivity index (χ0v) is 21.0. The Morgan fingerprint density at radius 2 is 2.11 bits per heavy atom. The number of hydrogen-bond donors (Lipinski definition) is 4. The first kappa shape index (κ1) is 25.0. The van der Waals surface area contributed by atoms with Crippen molar-refractivity contribution in [2.45, 2.75) is 37.5 Å². The number of aliphatic imine (C=N–C) groups is 1. The molecular formula is C25H23ClFN7O2S. The molecule has 3 aromatic heterocycles. The summed E-state index contributed by atoms with van der Waals surface area (Å²) in [5, 5.41) is 21.0. The Labute approximate surface area is 220 Å². The Balaban J connectivity index is 1.58. The number of imidazole rings is 1.